The number of hydrogen-bond acceptors (Lipinski definition) is 2. The molecule has 1 atom stereocenters. The molecule has 0 fully saturated rings. The highest BCUT2D eigenvalue weighted by Crippen LogP contribution is 2.22. The summed E-state index contributed by atoms with van der Waals surface area (Å²) in [6.45, 7) is 3.17. The summed E-state index contributed by atoms with van der Waals surface area (Å²) in [6, 6.07) is 13.5. The minimum absolute atomic E-state index is 0.481. The number of hydrogen-bond donors (Lipinski definition) is 1. The Balaban J connectivity index is 1.94. The molecule has 1 N–H and O–H groups in total. The Bertz CT molecular complexity index is 436. The van der Waals surface area contributed by atoms with E-state index >= 15 is 0 Å². The molecule has 17 heavy (non-hydrogen) atoms. The maximum atomic E-state index is 3.62. The molecule has 0 bridgehead atoms. The molecule has 90 valence electrons. The van der Waals surface area contributed by atoms with Gasteiger partial charge < -0.3 is 5.32 Å². The normalized spacial score (nSPS) is 12.6. The van der Waals surface area contributed by atoms with Gasteiger partial charge in [-0.05, 0) is 58.2 Å². The van der Waals surface area contributed by atoms with Crippen molar-refractivity contribution in [1.82, 2.24) is 5.32 Å². The van der Waals surface area contributed by atoms with E-state index in [4.69, 9.17) is 0 Å². The zero-order valence-corrected chi connectivity index (χ0v) is 12.8. The van der Waals surface area contributed by atoms with Gasteiger partial charge in [-0.3, -0.25) is 0 Å². The van der Waals surface area contributed by atoms with Crippen LogP contribution in [0.5, 0.6) is 0 Å². The summed E-state index contributed by atoms with van der Waals surface area (Å²) in [7, 11) is 0. The summed E-state index contributed by atoms with van der Waals surface area (Å²) in [5.74, 6) is 0. The van der Waals surface area contributed by atoms with E-state index in [0.29, 0.717) is 6.04 Å². The monoisotopic (exact) mass is 357 g/mol. The van der Waals surface area contributed by atoms with E-state index in [-0.39, 0.29) is 0 Å². The largest absolute Gasteiger partial charge is 0.305 e. The molecule has 0 saturated heterocycles. The molecule has 1 aromatic carbocycles. The van der Waals surface area contributed by atoms with Crippen LogP contribution in [0.15, 0.2) is 41.8 Å². The van der Waals surface area contributed by atoms with Crippen molar-refractivity contribution in [2.75, 3.05) is 0 Å². The van der Waals surface area contributed by atoms with Gasteiger partial charge in [-0.25, -0.2) is 0 Å². The number of nitrogens with one attached hydrogen (secondary N) is 1. The van der Waals surface area contributed by atoms with Gasteiger partial charge in [0, 0.05) is 21.0 Å². The topological polar surface area (TPSA) is 12.0 Å². The van der Waals surface area contributed by atoms with Crippen molar-refractivity contribution < 1.29 is 0 Å². The van der Waals surface area contributed by atoms with E-state index in [1.165, 1.54) is 14.0 Å². The molecular formula is C14H16INS. The molecule has 0 saturated carbocycles. The van der Waals surface area contributed by atoms with Crippen molar-refractivity contribution in [3.8, 4) is 0 Å². The van der Waals surface area contributed by atoms with E-state index in [2.05, 4.69) is 76.6 Å². The minimum atomic E-state index is 0.481. The van der Waals surface area contributed by atoms with Crippen molar-refractivity contribution in [3.05, 3.63) is 55.8 Å². The van der Waals surface area contributed by atoms with Crippen LogP contribution in [0.2, 0.25) is 0 Å². The molecule has 0 aliphatic rings. The van der Waals surface area contributed by atoms with Crippen LogP contribution in [0.1, 0.15) is 29.8 Å². The molecule has 0 aliphatic heterocycles. The highest BCUT2D eigenvalue weighted by Gasteiger charge is 2.08. The molecule has 1 heterocycles. The van der Waals surface area contributed by atoms with Crippen molar-refractivity contribution in [1.29, 1.82) is 0 Å². The van der Waals surface area contributed by atoms with E-state index in [1.807, 2.05) is 11.3 Å². The predicted molar refractivity (Wildman–Crippen MR) is 83.3 cm³/mol. The first-order valence-corrected chi connectivity index (χ1v) is 7.76. The van der Waals surface area contributed by atoms with Gasteiger partial charge in [-0.1, -0.05) is 25.1 Å². The van der Waals surface area contributed by atoms with Crippen LogP contribution in [0.25, 0.3) is 0 Å². The number of thiophene rings is 1. The predicted octanol–water partition coefficient (Wildman–Crippen LogP) is 4.59. The lowest BCUT2D eigenvalue weighted by Crippen LogP contribution is -2.19. The lowest BCUT2D eigenvalue weighted by molar-refractivity contribution is 0.526. The van der Waals surface area contributed by atoms with Crippen molar-refractivity contribution in [3.63, 3.8) is 0 Å². The van der Waals surface area contributed by atoms with Gasteiger partial charge in [0.25, 0.3) is 0 Å². The smallest absolute Gasteiger partial charge is 0.0414 e. The van der Waals surface area contributed by atoms with Crippen LogP contribution < -0.4 is 5.32 Å². The summed E-state index contributed by atoms with van der Waals surface area (Å²) in [5, 5.41) is 5.76. The minimum Gasteiger partial charge on any atom is -0.305 e. The lowest BCUT2D eigenvalue weighted by atomic mass is 10.1. The second-order valence-corrected chi connectivity index (χ2v) is 6.21. The molecule has 2 rings (SSSR count). The second-order valence-electron chi connectivity index (χ2n) is 3.98. The first-order chi connectivity index (χ1) is 8.29. The van der Waals surface area contributed by atoms with E-state index < -0.39 is 0 Å². The third kappa shape index (κ3) is 3.79. The van der Waals surface area contributed by atoms with Gasteiger partial charge in [0.05, 0.1) is 0 Å². The highest BCUT2D eigenvalue weighted by molar-refractivity contribution is 14.1. The zero-order chi connectivity index (χ0) is 12.1. The van der Waals surface area contributed by atoms with Gasteiger partial charge in [0.2, 0.25) is 0 Å². The number of halogens is 1. The third-order valence-corrected chi connectivity index (χ3v) is 4.47. The van der Waals surface area contributed by atoms with E-state index in [9.17, 15) is 0 Å². The van der Waals surface area contributed by atoms with Gasteiger partial charge in [-0.15, -0.1) is 11.3 Å². The summed E-state index contributed by atoms with van der Waals surface area (Å²) in [6.07, 6.45) is 1.13. The SMILES string of the molecule is CCC(NCc1ccc(I)cc1)c1cccs1. The molecule has 3 heteroatoms. The molecule has 2 aromatic rings. The summed E-state index contributed by atoms with van der Waals surface area (Å²) in [5.41, 5.74) is 1.35. The molecule has 1 nitrogen and oxygen atoms in total. The van der Waals surface area contributed by atoms with Crippen LogP contribution in [-0.4, -0.2) is 0 Å². The first-order valence-electron chi connectivity index (χ1n) is 5.81. The lowest BCUT2D eigenvalue weighted by Gasteiger charge is -2.15. The van der Waals surface area contributed by atoms with Crippen molar-refractivity contribution in [2.24, 2.45) is 0 Å². The van der Waals surface area contributed by atoms with Gasteiger partial charge in [0.1, 0.15) is 0 Å². The number of rotatable bonds is 5. The Morgan fingerprint density at radius 3 is 2.59 bits per heavy atom. The summed E-state index contributed by atoms with van der Waals surface area (Å²) >= 11 is 4.16. The van der Waals surface area contributed by atoms with Crippen LogP contribution in [0.3, 0.4) is 0 Å². The summed E-state index contributed by atoms with van der Waals surface area (Å²) < 4.78 is 1.29. The van der Waals surface area contributed by atoms with Crippen LogP contribution >= 0.6 is 33.9 Å². The fraction of sp³-hybridized carbons (Fsp3) is 0.286. The van der Waals surface area contributed by atoms with Crippen molar-refractivity contribution >= 4 is 33.9 Å². The fourth-order valence-corrected chi connectivity index (χ4v) is 3.02. The van der Waals surface area contributed by atoms with Gasteiger partial charge >= 0.3 is 0 Å². The molecule has 0 amide bonds. The standard InChI is InChI=1S/C14H16INS/c1-2-13(14-4-3-9-17-14)16-10-11-5-7-12(15)8-6-11/h3-9,13,16H,2,10H2,1H3. The first kappa shape index (κ1) is 13.1. The quantitative estimate of drug-likeness (QED) is 0.772. The van der Waals surface area contributed by atoms with Gasteiger partial charge in [-0.2, -0.15) is 0 Å². The molecular weight excluding hydrogens is 341 g/mol. The van der Waals surface area contributed by atoms with Gasteiger partial charge in [0.15, 0.2) is 0 Å². The van der Waals surface area contributed by atoms with E-state index in [0.717, 1.165) is 13.0 Å². The average molecular weight is 357 g/mol. The van der Waals surface area contributed by atoms with Crippen molar-refractivity contribution in [2.45, 2.75) is 25.9 Å². The van der Waals surface area contributed by atoms with Crippen LogP contribution in [0, 0.1) is 3.57 Å². The second kappa shape index (κ2) is 6.52. The molecule has 1 aromatic heterocycles. The zero-order valence-electron chi connectivity index (χ0n) is 9.82. The Morgan fingerprint density at radius 1 is 1.24 bits per heavy atom. The van der Waals surface area contributed by atoms with E-state index in [1.54, 1.807) is 0 Å². The molecule has 0 spiro atoms. The molecule has 0 radical (unpaired) electrons. The molecule has 0 aliphatic carbocycles. The Hall–Kier alpha value is -0.390. The molecule has 1 unspecified atom stereocenters. The maximum absolute atomic E-state index is 3.62. The maximum Gasteiger partial charge on any atom is 0.0414 e. The highest BCUT2D eigenvalue weighted by atomic mass is 127. The average Bonchev–Trinajstić information content (AvgIpc) is 2.86. The fourth-order valence-electron chi connectivity index (χ4n) is 1.78. The van der Waals surface area contributed by atoms with Crippen LogP contribution in [0.4, 0.5) is 0 Å². The Labute approximate surface area is 120 Å². The van der Waals surface area contributed by atoms with Crippen LogP contribution in [-0.2, 0) is 6.54 Å². The number of benzene rings is 1. The Kier molecular flexibility index (Phi) is 5.00. The Morgan fingerprint density at radius 2 is 2.00 bits per heavy atom. The third-order valence-electron chi connectivity index (χ3n) is 2.76. The summed E-state index contributed by atoms with van der Waals surface area (Å²) in [4.78, 5) is 1.43.